The van der Waals surface area contributed by atoms with Crippen molar-refractivity contribution < 1.29 is 0 Å². The minimum absolute atomic E-state index is 0.0267. The summed E-state index contributed by atoms with van der Waals surface area (Å²) < 4.78 is 0. The summed E-state index contributed by atoms with van der Waals surface area (Å²) >= 11 is 0. The number of hydrogen-bond acceptors (Lipinski definition) is 0. The van der Waals surface area contributed by atoms with E-state index in [1.165, 1.54) is 82.0 Å². The van der Waals surface area contributed by atoms with Crippen LogP contribution in [0.1, 0.15) is 58.2 Å². The fraction of sp³-hybridized carbons (Fsp3) is 0.209. The maximum absolute atomic E-state index is 2.48. The maximum atomic E-state index is 2.48. The van der Waals surface area contributed by atoms with E-state index in [0.29, 0.717) is 0 Å². The van der Waals surface area contributed by atoms with E-state index in [1.807, 2.05) is 0 Å². The largest absolute Gasteiger partial charge is 0.0616 e. The number of fused-ring (bicyclic) bond motifs is 4. The van der Waals surface area contributed by atoms with Crippen LogP contribution in [0.15, 0.2) is 115 Å². The summed E-state index contributed by atoms with van der Waals surface area (Å²) in [4.78, 5) is 0. The predicted molar refractivity (Wildman–Crippen MR) is 189 cm³/mol. The van der Waals surface area contributed by atoms with Crippen LogP contribution in [0, 0.1) is 6.92 Å². The lowest BCUT2D eigenvalue weighted by atomic mass is 9.76. The highest BCUT2D eigenvalue weighted by atomic mass is 14.3. The Kier molecular flexibility index (Phi) is 6.26. The number of aryl methyl sites for hydroxylation is 1. The molecule has 7 rings (SSSR count). The summed E-state index contributed by atoms with van der Waals surface area (Å²) in [5, 5.41) is 10.5. The van der Waals surface area contributed by atoms with Crippen molar-refractivity contribution in [3.05, 3.63) is 132 Å². The van der Waals surface area contributed by atoms with Crippen molar-refractivity contribution in [2.75, 3.05) is 0 Å². The zero-order valence-corrected chi connectivity index (χ0v) is 26.5. The van der Waals surface area contributed by atoms with E-state index in [4.69, 9.17) is 0 Å². The molecule has 0 aliphatic carbocycles. The number of hydrogen-bond donors (Lipinski definition) is 0. The van der Waals surface area contributed by atoms with E-state index < -0.39 is 0 Å². The summed E-state index contributed by atoms with van der Waals surface area (Å²) in [6.07, 6.45) is 0. The second-order valence-corrected chi connectivity index (χ2v) is 14.2. The maximum Gasteiger partial charge on any atom is -0.00174 e. The van der Waals surface area contributed by atoms with E-state index in [9.17, 15) is 0 Å². The molecule has 0 fully saturated rings. The highest BCUT2D eigenvalue weighted by Gasteiger charge is 2.25. The molecule has 0 amide bonds. The van der Waals surface area contributed by atoms with Crippen molar-refractivity contribution in [3.8, 4) is 22.3 Å². The third-order valence-electron chi connectivity index (χ3n) is 9.33. The first kappa shape index (κ1) is 27.4. The zero-order chi connectivity index (χ0) is 30.1. The van der Waals surface area contributed by atoms with Crippen molar-refractivity contribution in [1.82, 2.24) is 0 Å². The van der Waals surface area contributed by atoms with Gasteiger partial charge in [0, 0.05) is 0 Å². The Morgan fingerprint density at radius 3 is 1.53 bits per heavy atom. The molecule has 43 heavy (non-hydrogen) atoms. The lowest BCUT2D eigenvalue weighted by molar-refractivity contribution is 0.587. The molecule has 0 radical (unpaired) electrons. The molecule has 0 bridgehead atoms. The standard InChI is InChI=1S/C43H40/c1-27-38(43(5,6)7)25-24-36-39(27)41(34-21-13-17-29-15-9-11-19-32(29)34)35-23-22-30(42(2,3)4)26-37(35)40(36)33-20-12-16-28-14-8-10-18-31(28)33/h8-26H,1-7H3. The van der Waals surface area contributed by atoms with Gasteiger partial charge in [-0.25, -0.2) is 0 Å². The average molecular weight is 557 g/mol. The SMILES string of the molecule is Cc1c(C(C)(C)C)ccc2c(-c3cccc4ccccc34)c3cc(C(C)(C)C)ccc3c(-c3cccc4ccccc34)c12. The summed E-state index contributed by atoms with van der Waals surface area (Å²) in [6, 6.07) is 43.3. The molecule has 0 unspecified atom stereocenters. The highest BCUT2D eigenvalue weighted by Crippen LogP contribution is 2.49. The van der Waals surface area contributed by atoms with Gasteiger partial charge >= 0.3 is 0 Å². The van der Waals surface area contributed by atoms with Gasteiger partial charge in [0.1, 0.15) is 0 Å². The van der Waals surface area contributed by atoms with Crippen molar-refractivity contribution in [2.24, 2.45) is 0 Å². The quantitative estimate of drug-likeness (QED) is 0.186. The van der Waals surface area contributed by atoms with Crippen LogP contribution in [0.4, 0.5) is 0 Å². The topological polar surface area (TPSA) is 0 Å². The molecular weight excluding hydrogens is 516 g/mol. The van der Waals surface area contributed by atoms with Crippen LogP contribution in [0.3, 0.4) is 0 Å². The lowest BCUT2D eigenvalue weighted by Gasteiger charge is -2.27. The molecule has 0 heterocycles. The van der Waals surface area contributed by atoms with Crippen LogP contribution in [-0.4, -0.2) is 0 Å². The molecule has 7 aromatic rings. The van der Waals surface area contributed by atoms with Crippen LogP contribution in [0.5, 0.6) is 0 Å². The van der Waals surface area contributed by atoms with E-state index in [0.717, 1.165) is 0 Å². The van der Waals surface area contributed by atoms with Crippen LogP contribution < -0.4 is 0 Å². The Bertz CT molecular complexity index is 2190. The molecule has 0 atom stereocenters. The molecule has 7 aromatic carbocycles. The predicted octanol–water partition coefficient (Wildman–Crippen LogP) is 12.5. The van der Waals surface area contributed by atoms with Crippen LogP contribution in [-0.2, 0) is 10.8 Å². The van der Waals surface area contributed by atoms with Gasteiger partial charge < -0.3 is 0 Å². The molecule has 212 valence electrons. The third kappa shape index (κ3) is 4.43. The first-order valence-electron chi connectivity index (χ1n) is 15.5. The molecular formula is C43H40. The molecule has 0 aliphatic heterocycles. The van der Waals surface area contributed by atoms with Gasteiger partial charge in [-0.3, -0.25) is 0 Å². The summed E-state index contributed by atoms with van der Waals surface area (Å²) in [5.74, 6) is 0. The van der Waals surface area contributed by atoms with Crippen molar-refractivity contribution >= 4 is 43.1 Å². The summed E-state index contributed by atoms with van der Waals surface area (Å²) in [5.41, 5.74) is 9.46. The zero-order valence-electron chi connectivity index (χ0n) is 26.5. The fourth-order valence-electron chi connectivity index (χ4n) is 7.23. The average Bonchev–Trinajstić information content (AvgIpc) is 2.98. The fourth-order valence-corrected chi connectivity index (χ4v) is 7.23. The first-order valence-corrected chi connectivity index (χ1v) is 15.5. The summed E-state index contributed by atoms with van der Waals surface area (Å²) in [6.45, 7) is 16.3. The summed E-state index contributed by atoms with van der Waals surface area (Å²) in [7, 11) is 0. The van der Waals surface area contributed by atoms with Gasteiger partial charge in [0.15, 0.2) is 0 Å². The van der Waals surface area contributed by atoms with Crippen molar-refractivity contribution in [1.29, 1.82) is 0 Å². The van der Waals surface area contributed by atoms with E-state index in [1.54, 1.807) is 0 Å². The second-order valence-electron chi connectivity index (χ2n) is 14.2. The van der Waals surface area contributed by atoms with Gasteiger partial charge in [0.05, 0.1) is 0 Å². The minimum Gasteiger partial charge on any atom is -0.0616 e. The molecule has 0 nitrogen and oxygen atoms in total. The highest BCUT2D eigenvalue weighted by molar-refractivity contribution is 6.26. The molecule has 0 heteroatoms. The van der Waals surface area contributed by atoms with Gasteiger partial charge in [-0.05, 0) is 106 Å². The minimum atomic E-state index is 0.0267. The Labute approximate surface area is 256 Å². The molecule has 0 aromatic heterocycles. The molecule has 0 saturated heterocycles. The molecule has 0 spiro atoms. The van der Waals surface area contributed by atoms with E-state index in [2.05, 4.69) is 164 Å². The Hall–Kier alpha value is -4.42. The molecule has 0 aliphatic rings. The smallest absolute Gasteiger partial charge is 0.00174 e. The first-order chi connectivity index (χ1) is 20.5. The Morgan fingerprint density at radius 1 is 0.419 bits per heavy atom. The van der Waals surface area contributed by atoms with Gasteiger partial charge in [-0.2, -0.15) is 0 Å². The van der Waals surface area contributed by atoms with Gasteiger partial charge in [-0.1, -0.05) is 151 Å². The van der Waals surface area contributed by atoms with E-state index >= 15 is 0 Å². The Morgan fingerprint density at radius 2 is 0.953 bits per heavy atom. The second kappa shape index (κ2) is 9.81. The van der Waals surface area contributed by atoms with Gasteiger partial charge in [-0.15, -0.1) is 0 Å². The molecule has 0 saturated carbocycles. The van der Waals surface area contributed by atoms with Crippen molar-refractivity contribution in [3.63, 3.8) is 0 Å². The monoisotopic (exact) mass is 556 g/mol. The van der Waals surface area contributed by atoms with Gasteiger partial charge in [0.2, 0.25) is 0 Å². The lowest BCUT2D eigenvalue weighted by Crippen LogP contribution is -2.13. The number of rotatable bonds is 2. The van der Waals surface area contributed by atoms with Crippen LogP contribution >= 0.6 is 0 Å². The van der Waals surface area contributed by atoms with Crippen LogP contribution in [0.2, 0.25) is 0 Å². The molecule has 0 N–H and O–H groups in total. The Balaban J connectivity index is 1.78. The van der Waals surface area contributed by atoms with Crippen LogP contribution in [0.25, 0.3) is 65.3 Å². The normalized spacial score (nSPS) is 12.5. The van der Waals surface area contributed by atoms with Gasteiger partial charge in [0.25, 0.3) is 0 Å². The third-order valence-corrected chi connectivity index (χ3v) is 9.33. The van der Waals surface area contributed by atoms with E-state index in [-0.39, 0.29) is 10.8 Å². The number of benzene rings is 7. The van der Waals surface area contributed by atoms with Crippen molar-refractivity contribution in [2.45, 2.75) is 59.3 Å².